The highest BCUT2D eigenvalue weighted by Gasteiger charge is 2.22. The molecule has 0 N–H and O–H groups in total. The summed E-state index contributed by atoms with van der Waals surface area (Å²) in [6, 6.07) is 3.33. The highest BCUT2D eigenvalue weighted by atomic mass is 79.9. The average molecular weight is 382 g/mol. The maximum atomic E-state index is 11.7. The predicted octanol–water partition coefficient (Wildman–Crippen LogP) is 4.64. The van der Waals surface area contributed by atoms with E-state index in [9.17, 15) is 8.42 Å². The number of halogens is 2. The van der Waals surface area contributed by atoms with Crippen molar-refractivity contribution in [2.24, 2.45) is 5.92 Å². The first-order valence-corrected chi connectivity index (χ1v) is 9.86. The molecule has 0 aromatic heterocycles. The van der Waals surface area contributed by atoms with Crippen LogP contribution in [0.5, 0.6) is 5.75 Å². The molecule has 1 aromatic rings. The second-order valence-electron chi connectivity index (χ2n) is 5.30. The van der Waals surface area contributed by atoms with Crippen LogP contribution < -0.4 is 4.74 Å². The second kappa shape index (κ2) is 6.67. The minimum absolute atomic E-state index is 0.0434. The summed E-state index contributed by atoms with van der Waals surface area (Å²) < 4.78 is 29.8. The smallest absolute Gasteiger partial charge is 0.265 e. The minimum atomic E-state index is -3.81. The molecule has 1 aliphatic carbocycles. The van der Waals surface area contributed by atoms with Gasteiger partial charge in [-0.05, 0) is 43.4 Å². The van der Waals surface area contributed by atoms with E-state index in [1.807, 2.05) is 13.0 Å². The van der Waals surface area contributed by atoms with Crippen LogP contribution in [0.2, 0.25) is 0 Å². The zero-order chi connectivity index (χ0) is 14.8. The van der Waals surface area contributed by atoms with Gasteiger partial charge in [-0.25, -0.2) is 8.42 Å². The monoisotopic (exact) mass is 380 g/mol. The Bertz CT molecular complexity index is 580. The number of hydrogen-bond donors (Lipinski definition) is 0. The van der Waals surface area contributed by atoms with Gasteiger partial charge in [-0.1, -0.05) is 35.2 Å². The fourth-order valence-corrected chi connectivity index (χ4v) is 4.40. The normalized spacial score (nSPS) is 17.1. The fraction of sp³-hybridized carbons (Fsp3) is 0.571. The van der Waals surface area contributed by atoms with Gasteiger partial charge in [-0.2, -0.15) is 0 Å². The van der Waals surface area contributed by atoms with Crippen LogP contribution >= 0.6 is 26.6 Å². The molecular weight excluding hydrogens is 364 g/mol. The van der Waals surface area contributed by atoms with Crippen LogP contribution in [-0.2, 0) is 9.05 Å². The Morgan fingerprint density at radius 3 is 2.55 bits per heavy atom. The van der Waals surface area contributed by atoms with Crippen molar-refractivity contribution in [3.05, 3.63) is 22.2 Å². The van der Waals surface area contributed by atoms with Crippen molar-refractivity contribution in [1.29, 1.82) is 0 Å². The van der Waals surface area contributed by atoms with Gasteiger partial charge in [-0.3, -0.25) is 0 Å². The molecule has 0 bridgehead atoms. The molecule has 1 fully saturated rings. The van der Waals surface area contributed by atoms with Crippen molar-refractivity contribution in [1.82, 2.24) is 0 Å². The summed E-state index contributed by atoms with van der Waals surface area (Å²) in [4.78, 5) is 0.0434. The fourth-order valence-electron chi connectivity index (χ4n) is 2.62. The van der Waals surface area contributed by atoms with E-state index < -0.39 is 9.05 Å². The van der Waals surface area contributed by atoms with Gasteiger partial charge in [0.25, 0.3) is 9.05 Å². The van der Waals surface area contributed by atoms with E-state index in [2.05, 4.69) is 15.9 Å². The number of hydrogen-bond acceptors (Lipinski definition) is 3. The molecule has 1 aromatic carbocycles. The van der Waals surface area contributed by atoms with Crippen molar-refractivity contribution in [3.8, 4) is 5.75 Å². The quantitative estimate of drug-likeness (QED) is 0.713. The lowest BCUT2D eigenvalue weighted by Crippen LogP contribution is -2.16. The third-order valence-corrected chi connectivity index (χ3v) is 5.44. The molecule has 0 atom stereocenters. The van der Waals surface area contributed by atoms with E-state index in [1.165, 1.54) is 25.3 Å². The van der Waals surface area contributed by atoms with E-state index in [4.69, 9.17) is 15.4 Å². The summed E-state index contributed by atoms with van der Waals surface area (Å²) >= 11 is 3.29. The molecule has 2 rings (SSSR count). The van der Waals surface area contributed by atoms with Crippen molar-refractivity contribution in [3.63, 3.8) is 0 Å². The van der Waals surface area contributed by atoms with Crippen LogP contribution in [0.3, 0.4) is 0 Å². The van der Waals surface area contributed by atoms with Gasteiger partial charge in [0.1, 0.15) is 10.6 Å². The van der Waals surface area contributed by atoms with Gasteiger partial charge in [0.05, 0.1) is 6.61 Å². The van der Waals surface area contributed by atoms with Gasteiger partial charge in [-0.15, -0.1) is 0 Å². The first-order chi connectivity index (χ1) is 9.38. The number of benzene rings is 1. The first kappa shape index (κ1) is 16.1. The molecule has 0 unspecified atom stereocenters. The molecule has 0 saturated heterocycles. The lowest BCUT2D eigenvalue weighted by Gasteiger charge is -2.23. The summed E-state index contributed by atoms with van der Waals surface area (Å²) in [5.74, 6) is 0.895. The van der Waals surface area contributed by atoms with Crippen LogP contribution in [-0.4, -0.2) is 15.0 Å². The van der Waals surface area contributed by atoms with Crippen molar-refractivity contribution < 1.29 is 13.2 Å². The van der Waals surface area contributed by atoms with Gasteiger partial charge in [0.2, 0.25) is 0 Å². The van der Waals surface area contributed by atoms with Gasteiger partial charge in [0, 0.05) is 15.2 Å². The van der Waals surface area contributed by atoms with Crippen LogP contribution in [0.15, 0.2) is 21.5 Å². The van der Waals surface area contributed by atoms with Crippen LogP contribution in [0.25, 0.3) is 0 Å². The Labute approximate surface area is 133 Å². The van der Waals surface area contributed by atoms with Crippen molar-refractivity contribution >= 4 is 35.7 Å². The summed E-state index contributed by atoms with van der Waals surface area (Å²) in [6.07, 6.45) is 6.05. The summed E-state index contributed by atoms with van der Waals surface area (Å²) in [5.41, 5.74) is 0.773. The van der Waals surface area contributed by atoms with E-state index in [0.29, 0.717) is 22.7 Å². The van der Waals surface area contributed by atoms with Gasteiger partial charge >= 0.3 is 0 Å². The Morgan fingerprint density at radius 1 is 1.30 bits per heavy atom. The highest BCUT2D eigenvalue weighted by molar-refractivity contribution is 9.10. The Morgan fingerprint density at radius 2 is 1.95 bits per heavy atom. The standard InChI is InChI=1S/C14H18BrClO3S/c1-10-7-12(15)8-13(20(16,17)18)14(10)19-9-11-5-3-2-4-6-11/h7-8,11H,2-6,9H2,1H3. The zero-order valence-electron chi connectivity index (χ0n) is 11.4. The van der Waals surface area contributed by atoms with Crippen LogP contribution in [0.1, 0.15) is 37.7 Å². The molecule has 0 heterocycles. The Hall–Kier alpha value is -0.260. The molecule has 3 nitrogen and oxygen atoms in total. The summed E-state index contributed by atoms with van der Waals surface area (Å²) in [6.45, 7) is 2.38. The average Bonchev–Trinajstić information content (AvgIpc) is 2.37. The largest absolute Gasteiger partial charge is 0.492 e. The summed E-state index contributed by atoms with van der Waals surface area (Å²) in [7, 11) is 1.69. The Kier molecular flexibility index (Phi) is 5.37. The van der Waals surface area contributed by atoms with E-state index in [0.717, 1.165) is 18.4 Å². The molecule has 0 radical (unpaired) electrons. The lowest BCUT2D eigenvalue weighted by atomic mass is 9.90. The maximum Gasteiger partial charge on any atom is 0.265 e. The van der Waals surface area contributed by atoms with E-state index >= 15 is 0 Å². The number of aryl methyl sites for hydroxylation is 1. The topological polar surface area (TPSA) is 43.4 Å². The Balaban J connectivity index is 2.21. The number of rotatable bonds is 4. The first-order valence-electron chi connectivity index (χ1n) is 6.75. The molecule has 1 saturated carbocycles. The van der Waals surface area contributed by atoms with E-state index in [1.54, 1.807) is 0 Å². The van der Waals surface area contributed by atoms with Crippen LogP contribution in [0.4, 0.5) is 0 Å². The SMILES string of the molecule is Cc1cc(Br)cc(S(=O)(=O)Cl)c1OCC1CCCCC1. The van der Waals surface area contributed by atoms with Gasteiger partial charge < -0.3 is 4.74 Å². The molecule has 0 spiro atoms. The minimum Gasteiger partial charge on any atom is -0.492 e. The highest BCUT2D eigenvalue weighted by Crippen LogP contribution is 2.34. The zero-order valence-corrected chi connectivity index (χ0v) is 14.5. The van der Waals surface area contributed by atoms with Crippen molar-refractivity contribution in [2.75, 3.05) is 6.61 Å². The molecule has 6 heteroatoms. The van der Waals surface area contributed by atoms with Crippen molar-refractivity contribution in [2.45, 2.75) is 43.9 Å². The molecular formula is C14H18BrClO3S. The molecule has 112 valence electrons. The lowest BCUT2D eigenvalue weighted by molar-refractivity contribution is 0.204. The molecule has 1 aliphatic rings. The number of ether oxygens (including phenoxy) is 1. The van der Waals surface area contributed by atoms with E-state index in [-0.39, 0.29) is 4.90 Å². The molecule has 0 amide bonds. The molecule has 20 heavy (non-hydrogen) atoms. The second-order valence-corrected chi connectivity index (χ2v) is 8.75. The molecule has 0 aliphatic heterocycles. The third-order valence-electron chi connectivity index (χ3n) is 3.66. The third kappa shape index (κ3) is 4.12. The van der Waals surface area contributed by atoms with Gasteiger partial charge in [0.15, 0.2) is 0 Å². The van der Waals surface area contributed by atoms with Crippen LogP contribution in [0, 0.1) is 12.8 Å². The predicted molar refractivity (Wildman–Crippen MR) is 84.0 cm³/mol. The maximum absolute atomic E-state index is 11.7. The summed E-state index contributed by atoms with van der Waals surface area (Å²) in [5, 5.41) is 0.